The van der Waals surface area contributed by atoms with Gasteiger partial charge in [-0.25, -0.2) is 0 Å². The molecule has 0 aliphatic rings. The van der Waals surface area contributed by atoms with Gasteiger partial charge in [-0.2, -0.15) is 0 Å². The van der Waals surface area contributed by atoms with Crippen LogP contribution < -0.4 is 0 Å². The molecule has 0 aliphatic carbocycles. The standard InChI is InChI=1S/C31H30/c1-5-31(4,28-14-10-7-11-15-28)29-22-18-25(19-23-29)24-16-20-27(21-17-24)30(2,3)26-12-8-6-9-13-26/h8-23H,5H2,1-4H3. The highest BCUT2D eigenvalue weighted by molar-refractivity contribution is 5.65. The van der Waals surface area contributed by atoms with E-state index in [-0.39, 0.29) is 10.8 Å². The molecule has 1 unspecified atom stereocenters. The van der Waals surface area contributed by atoms with Gasteiger partial charge in [0.25, 0.3) is 0 Å². The van der Waals surface area contributed by atoms with Crippen LogP contribution in [-0.2, 0) is 10.8 Å². The Labute approximate surface area is 187 Å². The van der Waals surface area contributed by atoms with Gasteiger partial charge in [0.2, 0.25) is 0 Å². The number of rotatable bonds is 6. The van der Waals surface area contributed by atoms with Gasteiger partial charge in [0.1, 0.15) is 0 Å². The Hall–Kier alpha value is -3.12. The number of hydrogen-bond acceptors (Lipinski definition) is 0. The monoisotopic (exact) mass is 402 g/mol. The SMILES string of the molecule is CCC(C)(c1cc[c]cc1)c1ccc(-c2ccc(C(C)(C)c3cc[c]cc3)cc2)cc1. The van der Waals surface area contributed by atoms with Crippen molar-refractivity contribution >= 4 is 0 Å². The second-order valence-corrected chi connectivity index (χ2v) is 9.04. The van der Waals surface area contributed by atoms with Crippen LogP contribution in [0.15, 0.2) is 97.1 Å². The lowest BCUT2D eigenvalue weighted by Crippen LogP contribution is -2.22. The first-order valence-corrected chi connectivity index (χ1v) is 11.1. The van der Waals surface area contributed by atoms with E-state index in [4.69, 9.17) is 0 Å². The maximum atomic E-state index is 3.13. The molecule has 0 fully saturated rings. The number of benzene rings is 4. The topological polar surface area (TPSA) is 0 Å². The molecule has 0 heteroatoms. The molecule has 0 saturated heterocycles. The van der Waals surface area contributed by atoms with Gasteiger partial charge in [0.15, 0.2) is 0 Å². The van der Waals surface area contributed by atoms with Crippen LogP contribution in [0.25, 0.3) is 11.1 Å². The fourth-order valence-electron chi connectivity index (χ4n) is 4.41. The summed E-state index contributed by atoms with van der Waals surface area (Å²) in [6.07, 6.45) is 1.05. The predicted molar refractivity (Wildman–Crippen MR) is 131 cm³/mol. The molecule has 0 aromatic heterocycles. The van der Waals surface area contributed by atoms with Crippen molar-refractivity contribution in [3.63, 3.8) is 0 Å². The minimum atomic E-state index is -0.0342. The summed E-state index contributed by atoms with van der Waals surface area (Å²) in [6, 6.07) is 41.0. The molecular formula is C31H30. The molecule has 1 atom stereocenters. The molecule has 4 rings (SSSR count). The molecule has 4 aromatic rings. The van der Waals surface area contributed by atoms with Crippen molar-refractivity contribution in [2.75, 3.05) is 0 Å². The highest BCUT2D eigenvalue weighted by Gasteiger charge is 2.26. The Balaban J connectivity index is 1.60. The lowest BCUT2D eigenvalue weighted by Gasteiger charge is -2.30. The highest BCUT2D eigenvalue weighted by Crippen LogP contribution is 2.37. The molecule has 0 aliphatic heterocycles. The van der Waals surface area contributed by atoms with E-state index in [1.54, 1.807) is 0 Å². The normalized spacial score (nSPS) is 13.5. The van der Waals surface area contributed by atoms with Crippen molar-refractivity contribution in [3.05, 3.63) is 131 Å². The van der Waals surface area contributed by atoms with Crippen molar-refractivity contribution < 1.29 is 0 Å². The van der Waals surface area contributed by atoms with Crippen molar-refractivity contribution in [2.45, 2.75) is 44.9 Å². The second kappa shape index (κ2) is 8.55. The van der Waals surface area contributed by atoms with Crippen molar-refractivity contribution in [2.24, 2.45) is 0 Å². The highest BCUT2D eigenvalue weighted by atomic mass is 14.3. The fourth-order valence-corrected chi connectivity index (χ4v) is 4.41. The zero-order chi connectivity index (χ0) is 21.9. The molecule has 0 heterocycles. The summed E-state index contributed by atoms with van der Waals surface area (Å²) >= 11 is 0. The molecule has 2 radical (unpaired) electrons. The summed E-state index contributed by atoms with van der Waals surface area (Å²) in [5.74, 6) is 0. The Morgan fingerprint density at radius 1 is 0.516 bits per heavy atom. The first kappa shape index (κ1) is 21.1. The summed E-state index contributed by atoms with van der Waals surface area (Å²) < 4.78 is 0. The van der Waals surface area contributed by atoms with E-state index < -0.39 is 0 Å². The van der Waals surface area contributed by atoms with Crippen LogP contribution in [-0.4, -0.2) is 0 Å². The van der Waals surface area contributed by atoms with Crippen LogP contribution in [0.2, 0.25) is 0 Å². The van der Waals surface area contributed by atoms with E-state index in [1.807, 2.05) is 24.3 Å². The van der Waals surface area contributed by atoms with Crippen LogP contribution >= 0.6 is 0 Å². The molecule has 0 N–H and O–H groups in total. The summed E-state index contributed by atoms with van der Waals surface area (Å²) in [6.45, 7) is 9.14. The molecule has 31 heavy (non-hydrogen) atoms. The van der Waals surface area contributed by atoms with Crippen LogP contribution in [0.5, 0.6) is 0 Å². The molecule has 0 saturated carbocycles. The third-order valence-corrected chi connectivity index (χ3v) is 6.96. The zero-order valence-corrected chi connectivity index (χ0v) is 18.9. The minimum absolute atomic E-state index is 0.00856. The van der Waals surface area contributed by atoms with Gasteiger partial charge >= 0.3 is 0 Å². The van der Waals surface area contributed by atoms with E-state index in [0.29, 0.717) is 0 Å². The lowest BCUT2D eigenvalue weighted by atomic mass is 9.74. The van der Waals surface area contributed by atoms with Crippen LogP contribution in [0.1, 0.15) is 56.4 Å². The van der Waals surface area contributed by atoms with Gasteiger partial charge in [0, 0.05) is 10.8 Å². The third-order valence-electron chi connectivity index (χ3n) is 6.96. The second-order valence-electron chi connectivity index (χ2n) is 9.04. The van der Waals surface area contributed by atoms with Crippen molar-refractivity contribution in [1.82, 2.24) is 0 Å². The van der Waals surface area contributed by atoms with Gasteiger partial charge < -0.3 is 0 Å². The average molecular weight is 403 g/mol. The van der Waals surface area contributed by atoms with E-state index >= 15 is 0 Å². The van der Waals surface area contributed by atoms with Gasteiger partial charge in [0.05, 0.1) is 0 Å². The Morgan fingerprint density at radius 3 is 1.32 bits per heavy atom. The Morgan fingerprint density at radius 2 is 0.871 bits per heavy atom. The first-order valence-electron chi connectivity index (χ1n) is 11.1. The fraction of sp³-hybridized carbons (Fsp3) is 0.226. The smallest absolute Gasteiger partial charge is 0.0172 e. The quantitative estimate of drug-likeness (QED) is 0.306. The molecule has 0 spiro atoms. The maximum absolute atomic E-state index is 3.13. The van der Waals surface area contributed by atoms with Crippen molar-refractivity contribution in [1.29, 1.82) is 0 Å². The van der Waals surface area contributed by atoms with Gasteiger partial charge in [-0.15, -0.1) is 0 Å². The zero-order valence-electron chi connectivity index (χ0n) is 18.9. The predicted octanol–water partition coefficient (Wildman–Crippen LogP) is 8.00. The summed E-state index contributed by atoms with van der Waals surface area (Å²) in [4.78, 5) is 0. The minimum Gasteiger partial charge on any atom is -0.0642 e. The summed E-state index contributed by atoms with van der Waals surface area (Å²) in [5, 5.41) is 0. The van der Waals surface area contributed by atoms with Crippen LogP contribution in [0.3, 0.4) is 0 Å². The summed E-state index contributed by atoms with van der Waals surface area (Å²) in [7, 11) is 0. The molecule has 0 nitrogen and oxygen atoms in total. The molecule has 0 bridgehead atoms. The summed E-state index contributed by atoms with van der Waals surface area (Å²) in [5.41, 5.74) is 7.79. The van der Waals surface area contributed by atoms with E-state index in [9.17, 15) is 0 Å². The largest absolute Gasteiger partial charge is 0.0642 e. The molecule has 154 valence electrons. The van der Waals surface area contributed by atoms with Gasteiger partial charge in [-0.1, -0.05) is 125 Å². The third kappa shape index (κ3) is 4.08. The van der Waals surface area contributed by atoms with E-state index in [1.165, 1.54) is 33.4 Å². The van der Waals surface area contributed by atoms with E-state index in [2.05, 4.69) is 113 Å². The molecular weight excluding hydrogens is 372 g/mol. The van der Waals surface area contributed by atoms with E-state index in [0.717, 1.165) is 6.42 Å². The van der Waals surface area contributed by atoms with Crippen LogP contribution in [0.4, 0.5) is 0 Å². The average Bonchev–Trinajstić information content (AvgIpc) is 2.85. The first-order chi connectivity index (χ1) is 14.9. The van der Waals surface area contributed by atoms with Crippen molar-refractivity contribution in [3.8, 4) is 11.1 Å². The van der Waals surface area contributed by atoms with Gasteiger partial charge in [-0.3, -0.25) is 0 Å². The Kier molecular flexibility index (Phi) is 5.83. The molecule has 4 aromatic carbocycles. The lowest BCUT2D eigenvalue weighted by molar-refractivity contribution is 0.550. The van der Waals surface area contributed by atoms with Gasteiger partial charge in [-0.05, 0) is 51.9 Å². The number of hydrogen-bond donors (Lipinski definition) is 0. The maximum Gasteiger partial charge on any atom is 0.0172 e. The Bertz CT molecular complexity index is 1100. The van der Waals surface area contributed by atoms with Crippen LogP contribution in [0, 0.1) is 12.1 Å². The molecule has 0 amide bonds.